The second-order valence-electron chi connectivity index (χ2n) is 5.65. The Morgan fingerprint density at radius 2 is 2.08 bits per heavy atom. The van der Waals surface area contributed by atoms with Crippen LogP contribution in [0.15, 0.2) is 34.2 Å². The molecule has 1 amide bonds. The number of carbonyl (C=O) groups excluding carboxylic acids is 1. The Labute approximate surface area is 159 Å². The normalized spacial score (nSPS) is 16.1. The van der Waals surface area contributed by atoms with Gasteiger partial charge in [-0.3, -0.25) is 4.79 Å². The highest BCUT2D eigenvalue weighted by Crippen LogP contribution is 2.42. The van der Waals surface area contributed by atoms with Crippen LogP contribution in [0.3, 0.4) is 0 Å². The number of amides is 1. The van der Waals surface area contributed by atoms with Crippen molar-refractivity contribution in [3.8, 4) is 11.5 Å². The van der Waals surface area contributed by atoms with Crippen molar-refractivity contribution in [3.63, 3.8) is 0 Å². The Morgan fingerprint density at radius 1 is 1.35 bits per heavy atom. The van der Waals surface area contributed by atoms with Gasteiger partial charge in [-0.1, -0.05) is 0 Å². The number of benzene rings is 1. The quantitative estimate of drug-likeness (QED) is 0.742. The van der Waals surface area contributed by atoms with E-state index in [4.69, 9.17) is 15.2 Å². The van der Waals surface area contributed by atoms with E-state index in [-0.39, 0.29) is 0 Å². The van der Waals surface area contributed by atoms with Crippen LogP contribution in [0.2, 0.25) is 0 Å². The molecule has 1 aromatic carbocycles. The summed E-state index contributed by atoms with van der Waals surface area (Å²) in [5.41, 5.74) is 7.50. The molecule has 0 saturated heterocycles. The van der Waals surface area contributed by atoms with Crippen LogP contribution in [0.4, 0.5) is 5.95 Å². The summed E-state index contributed by atoms with van der Waals surface area (Å²) in [5, 5.41) is 7.32. The minimum absolute atomic E-state index is 0.418. The summed E-state index contributed by atoms with van der Waals surface area (Å²) < 4.78 is 13.8. The number of nitrogens with two attached hydrogens (primary N) is 1. The first-order valence-electron chi connectivity index (χ1n) is 8.24. The summed E-state index contributed by atoms with van der Waals surface area (Å²) in [5.74, 6) is 1.22. The monoisotopic (exact) mass is 421 g/mol. The molecule has 2 aromatic rings. The van der Waals surface area contributed by atoms with Crippen molar-refractivity contribution in [1.29, 1.82) is 0 Å². The van der Waals surface area contributed by atoms with E-state index in [2.05, 4.69) is 31.3 Å². The van der Waals surface area contributed by atoms with Crippen molar-refractivity contribution in [2.75, 3.05) is 18.5 Å². The van der Waals surface area contributed by atoms with Gasteiger partial charge in [0.2, 0.25) is 11.9 Å². The van der Waals surface area contributed by atoms with E-state index >= 15 is 0 Å². The molecular formula is C17H20BrN5O3. The number of hydrogen-bond acceptors (Lipinski definition) is 6. The molecule has 0 aliphatic carbocycles. The van der Waals surface area contributed by atoms with Gasteiger partial charge in [0.25, 0.3) is 0 Å². The number of fused-ring (bicyclic) bond motifs is 1. The Morgan fingerprint density at radius 3 is 2.73 bits per heavy atom. The molecule has 1 atom stereocenters. The molecule has 0 fully saturated rings. The maximum absolute atomic E-state index is 12.1. The number of primary amides is 1. The van der Waals surface area contributed by atoms with Crippen LogP contribution < -0.4 is 20.5 Å². The van der Waals surface area contributed by atoms with E-state index in [0.717, 1.165) is 10.0 Å². The van der Waals surface area contributed by atoms with Crippen LogP contribution in [0.5, 0.6) is 11.5 Å². The van der Waals surface area contributed by atoms with Crippen molar-refractivity contribution >= 4 is 27.8 Å². The summed E-state index contributed by atoms with van der Waals surface area (Å²) in [6, 6.07) is 3.21. The minimum atomic E-state index is -0.524. The van der Waals surface area contributed by atoms with Crippen molar-refractivity contribution in [2.45, 2.75) is 26.8 Å². The van der Waals surface area contributed by atoms with Crippen molar-refractivity contribution in [3.05, 3.63) is 39.8 Å². The fourth-order valence-electron chi connectivity index (χ4n) is 3.01. The Kier molecular flexibility index (Phi) is 5.17. The van der Waals surface area contributed by atoms with Crippen molar-refractivity contribution in [2.24, 2.45) is 5.73 Å². The van der Waals surface area contributed by atoms with Gasteiger partial charge in [-0.2, -0.15) is 10.1 Å². The zero-order valence-electron chi connectivity index (χ0n) is 14.7. The third-order valence-corrected chi connectivity index (χ3v) is 4.58. The predicted octanol–water partition coefficient (Wildman–Crippen LogP) is 2.61. The smallest absolute Gasteiger partial charge is 0.248 e. The topological polar surface area (TPSA) is 104 Å². The number of carbonyl (C=O) groups is 1. The molecule has 3 rings (SSSR count). The van der Waals surface area contributed by atoms with Gasteiger partial charge in [0, 0.05) is 5.70 Å². The summed E-state index contributed by atoms with van der Waals surface area (Å²) in [4.78, 5) is 16.3. The molecule has 138 valence electrons. The Balaban J connectivity index is 2.19. The first-order chi connectivity index (χ1) is 12.5. The van der Waals surface area contributed by atoms with Gasteiger partial charge >= 0.3 is 0 Å². The number of rotatable bonds is 6. The minimum Gasteiger partial charge on any atom is -0.490 e. The molecule has 0 spiro atoms. The molecule has 3 N–H and O–H groups in total. The standard InChI is InChI=1S/C17H20BrN5O3/c1-4-25-12-7-10(6-11(18)15(12)26-5-2)14-13(16(19)24)9(3)22-17-20-8-21-23(14)17/h6-8,14H,4-5H2,1-3H3,(H2,19,24)(H,20,21,22). The van der Waals surface area contributed by atoms with Gasteiger partial charge in [0.1, 0.15) is 12.4 Å². The first-order valence-corrected chi connectivity index (χ1v) is 9.03. The number of hydrogen-bond donors (Lipinski definition) is 2. The fraction of sp³-hybridized carbons (Fsp3) is 0.353. The lowest BCUT2D eigenvalue weighted by Crippen LogP contribution is -2.31. The van der Waals surface area contributed by atoms with Crippen LogP contribution in [-0.4, -0.2) is 33.9 Å². The third kappa shape index (κ3) is 3.14. The molecular weight excluding hydrogens is 402 g/mol. The van der Waals surface area contributed by atoms with Crippen LogP contribution in [0.1, 0.15) is 32.4 Å². The zero-order chi connectivity index (χ0) is 18.8. The Bertz CT molecular complexity index is 877. The van der Waals surface area contributed by atoms with Crippen LogP contribution >= 0.6 is 15.9 Å². The van der Waals surface area contributed by atoms with E-state index in [9.17, 15) is 4.79 Å². The summed E-state index contributed by atoms with van der Waals surface area (Å²) >= 11 is 3.54. The molecule has 1 aliphatic rings. The largest absolute Gasteiger partial charge is 0.490 e. The first kappa shape index (κ1) is 18.2. The van der Waals surface area contributed by atoms with E-state index in [1.165, 1.54) is 6.33 Å². The third-order valence-electron chi connectivity index (χ3n) is 4.00. The SMILES string of the molecule is CCOc1cc(C2C(C(N)=O)=C(C)Nc3ncnn32)cc(Br)c1OCC. The lowest BCUT2D eigenvalue weighted by molar-refractivity contribution is -0.115. The van der Waals surface area contributed by atoms with Crippen molar-refractivity contribution in [1.82, 2.24) is 14.8 Å². The molecule has 1 aliphatic heterocycles. The summed E-state index contributed by atoms with van der Waals surface area (Å²) in [6.07, 6.45) is 1.43. The number of aromatic nitrogens is 3. The summed E-state index contributed by atoms with van der Waals surface area (Å²) in [7, 11) is 0. The molecule has 1 aromatic heterocycles. The van der Waals surface area contributed by atoms with E-state index in [0.29, 0.717) is 41.9 Å². The maximum atomic E-state index is 12.1. The maximum Gasteiger partial charge on any atom is 0.248 e. The van der Waals surface area contributed by atoms with Crippen LogP contribution in [0, 0.1) is 0 Å². The highest BCUT2D eigenvalue weighted by Gasteiger charge is 2.33. The van der Waals surface area contributed by atoms with Gasteiger partial charge < -0.3 is 20.5 Å². The molecule has 0 bridgehead atoms. The molecule has 2 heterocycles. The van der Waals surface area contributed by atoms with Crippen molar-refractivity contribution < 1.29 is 14.3 Å². The number of ether oxygens (including phenoxy) is 2. The molecule has 0 radical (unpaired) electrons. The van der Waals surface area contributed by atoms with E-state index in [1.54, 1.807) is 11.6 Å². The van der Waals surface area contributed by atoms with Crippen LogP contribution in [0.25, 0.3) is 0 Å². The van der Waals surface area contributed by atoms with Gasteiger partial charge in [-0.25, -0.2) is 4.68 Å². The lowest BCUT2D eigenvalue weighted by atomic mass is 9.95. The average Bonchev–Trinajstić information content (AvgIpc) is 3.04. The second kappa shape index (κ2) is 7.36. The van der Waals surface area contributed by atoms with Gasteiger partial charge in [0.05, 0.1) is 23.3 Å². The van der Waals surface area contributed by atoms with E-state index in [1.807, 2.05) is 26.0 Å². The molecule has 1 unspecified atom stereocenters. The summed E-state index contributed by atoms with van der Waals surface area (Å²) in [6.45, 7) is 6.58. The zero-order valence-corrected chi connectivity index (χ0v) is 16.3. The number of nitrogens with one attached hydrogen (secondary N) is 1. The van der Waals surface area contributed by atoms with E-state index < -0.39 is 11.9 Å². The van der Waals surface area contributed by atoms with Gasteiger partial charge in [-0.05, 0) is 54.4 Å². The number of anilines is 1. The van der Waals surface area contributed by atoms with Crippen LogP contribution in [-0.2, 0) is 4.79 Å². The van der Waals surface area contributed by atoms with Gasteiger partial charge in [0.15, 0.2) is 11.5 Å². The molecule has 0 saturated carbocycles. The number of allylic oxidation sites excluding steroid dienone is 1. The number of halogens is 1. The molecule has 9 heteroatoms. The average molecular weight is 422 g/mol. The number of nitrogens with zero attached hydrogens (tertiary/aromatic N) is 3. The molecule has 26 heavy (non-hydrogen) atoms. The Hall–Kier alpha value is -2.55. The highest BCUT2D eigenvalue weighted by atomic mass is 79.9. The molecule has 8 nitrogen and oxygen atoms in total. The fourth-order valence-corrected chi connectivity index (χ4v) is 3.59. The van der Waals surface area contributed by atoms with Gasteiger partial charge in [-0.15, -0.1) is 0 Å². The second-order valence-corrected chi connectivity index (χ2v) is 6.51. The predicted molar refractivity (Wildman–Crippen MR) is 100 cm³/mol. The highest BCUT2D eigenvalue weighted by molar-refractivity contribution is 9.10. The lowest BCUT2D eigenvalue weighted by Gasteiger charge is -2.28.